The summed E-state index contributed by atoms with van der Waals surface area (Å²) >= 11 is 0. The third kappa shape index (κ3) is 3.55. The third-order valence-electron chi connectivity index (χ3n) is 2.83. The molecule has 0 spiro atoms. The van der Waals surface area contributed by atoms with Gasteiger partial charge < -0.3 is 14.7 Å². The minimum absolute atomic E-state index is 0.0463. The number of esters is 2. The Hall–Kier alpha value is -2.41. The van der Waals surface area contributed by atoms with E-state index >= 15 is 0 Å². The number of ether oxygens (including phenoxy) is 1. The van der Waals surface area contributed by atoms with Crippen LogP contribution >= 0.6 is 0 Å². The van der Waals surface area contributed by atoms with Gasteiger partial charge in [0, 0.05) is 6.42 Å². The van der Waals surface area contributed by atoms with Crippen molar-refractivity contribution < 1.29 is 29.1 Å². The summed E-state index contributed by atoms with van der Waals surface area (Å²) in [7, 11) is 0. The Balaban J connectivity index is 2.12. The average Bonchev–Trinajstić information content (AvgIpc) is 2.38. The number of hydrogen-bond acceptors (Lipinski definition) is 6. The molecule has 20 heavy (non-hydrogen) atoms. The summed E-state index contributed by atoms with van der Waals surface area (Å²) in [5.74, 6) is -1.40. The molecule has 0 radical (unpaired) electrons. The van der Waals surface area contributed by atoms with E-state index in [1.54, 1.807) is 24.3 Å². The van der Waals surface area contributed by atoms with E-state index in [0.717, 1.165) is 10.6 Å². The van der Waals surface area contributed by atoms with E-state index in [-0.39, 0.29) is 19.4 Å². The van der Waals surface area contributed by atoms with Crippen molar-refractivity contribution in [3.63, 3.8) is 0 Å². The lowest BCUT2D eigenvalue weighted by molar-refractivity contribution is -0.194. The number of nitrogens with zero attached hydrogens (tertiary/aromatic N) is 1. The van der Waals surface area contributed by atoms with Crippen molar-refractivity contribution in [3.8, 4) is 0 Å². The lowest BCUT2D eigenvalue weighted by Crippen LogP contribution is -2.46. The van der Waals surface area contributed by atoms with Crippen LogP contribution in [0.4, 0.5) is 4.79 Å². The number of carbonyl (C=O) groups is 3. The van der Waals surface area contributed by atoms with Crippen LogP contribution in [0.1, 0.15) is 18.4 Å². The zero-order valence-corrected chi connectivity index (χ0v) is 10.5. The zero-order valence-electron chi connectivity index (χ0n) is 10.5. The summed E-state index contributed by atoms with van der Waals surface area (Å²) in [5, 5.41) is 9.77. The summed E-state index contributed by atoms with van der Waals surface area (Å²) in [6.45, 7) is 0.0983. The van der Waals surface area contributed by atoms with Gasteiger partial charge in [0.2, 0.25) is 0 Å². The first-order valence-corrected chi connectivity index (χ1v) is 6.02. The van der Waals surface area contributed by atoms with Crippen molar-refractivity contribution in [2.24, 2.45) is 0 Å². The normalized spacial score (nSPS) is 18.8. The van der Waals surface area contributed by atoms with Crippen molar-refractivity contribution in [1.82, 2.24) is 5.06 Å². The second-order valence-corrected chi connectivity index (χ2v) is 4.27. The Morgan fingerprint density at radius 3 is 2.65 bits per heavy atom. The first kappa shape index (κ1) is 14.0. The molecule has 0 unspecified atom stereocenters. The van der Waals surface area contributed by atoms with Crippen molar-refractivity contribution in [2.45, 2.75) is 25.4 Å². The summed E-state index contributed by atoms with van der Waals surface area (Å²) in [5.41, 5.74) is 0.776. The number of carboxylic acid groups (broad SMARTS) is 1. The molecule has 1 aromatic rings. The van der Waals surface area contributed by atoms with Gasteiger partial charge in [-0.2, -0.15) is 0 Å². The minimum atomic E-state index is -1.52. The van der Waals surface area contributed by atoms with Gasteiger partial charge in [-0.05, 0) is 12.0 Å². The Bertz CT molecular complexity index is 515. The zero-order chi connectivity index (χ0) is 14.5. The lowest BCUT2D eigenvalue weighted by Gasteiger charge is -2.29. The highest BCUT2D eigenvalue weighted by Gasteiger charge is 2.36. The van der Waals surface area contributed by atoms with Gasteiger partial charge in [-0.3, -0.25) is 4.79 Å². The van der Waals surface area contributed by atoms with Gasteiger partial charge in [0.05, 0.1) is 6.54 Å². The van der Waals surface area contributed by atoms with E-state index in [0.29, 0.717) is 0 Å². The topological polar surface area (TPSA) is 93.1 Å². The second-order valence-electron chi connectivity index (χ2n) is 4.27. The van der Waals surface area contributed by atoms with Crippen LogP contribution in [0.5, 0.6) is 0 Å². The minimum Gasteiger partial charge on any atom is -0.448 e. The number of benzene rings is 1. The Labute approximate surface area is 114 Å². The van der Waals surface area contributed by atoms with Crippen molar-refractivity contribution in [2.75, 3.05) is 0 Å². The third-order valence-corrected chi connectivity index (χ3v) is 2.83. The van der Waals surface area contributed by atoms with Crippen LogP contribution in [0.2, 0.25) is 0 Å². The maximum absolute atomic E-state index is 11.7. The van der Waals surface area contributed by atoms with E-state index in [1.165, 1.54) is 0 Å². The van der Waals surface area contributed by atoms with Crippen molar-refractivity contribution >= 4 is 18.1 Å². The van der Waals surface area contributed by atoms with Gasteiger partial charge in [-0.1, -0.05) is 30.3 Å². The molecule has 1 fully saturated rings. The summed E-state index contributed by atoms with van der Waals surface area (Å²) in [6, 6.07) is 8.03. The Morgan fingerprint density at radius 2 is 2.05 bits per heavy atom. The predicted octanol–water partition coefficient (Wildman–Crippen LogP) is 1.33. The molecule has 1 atom stereocenters. The monoisotopic (exact) mass is 279 g/mol. The number of hydroxylamine groups is 2. The Kier molecular flexibility index (Phi) is 4.31. The average molecular weight is 279 g/mol. The molecule has 1 aliphatic rings. The van der Waals surface area contributed by atoms with Gasteiger partial charge in [-0.25, -0.2) is 9.59 Å². The molecule has 1 aliphatic heterocycles. The molecular weight excluding hydrogens is 266 g/mol. The van der Waals surface area contributed by atoms with Crippen LogP contribution in [0, 0.1) is 0 Å². The molecule has 0 aliphatic carbocycles. The smallest absolute Gasteiger partial charge is 0.448 e. The van der Waals surface area contributed by atoms with E-state index < -0.39 is 24.1 Å². The van der Waals surface area contributed by atoms with E-state index in [1.807, 2.05) is 6.07 Å². The van der Waals surface area contributed by atoms with Gasteiger partial charge in [0.15, 0.2) is 0 Å². The molecule has 1 saturated heterocycles. The highest BCUT2D eigenvalue weighted by Crippen LogP contribution is 2.19. The van der Waals surface area contributed by atoms with Crippen molar-refractivity contribution in [1.29, 1.82) is 0 Å². The number of hydrogen-bond donors (Lipinski definition) is 1. The fraction of sp³-hybridized carbons (Fsp3) is 0.308. The number of carbonyl (C=O) groups excluding carboxylic acids is 2. The van der Waals surface area contributed by atoms with Crippen LogP contribution in [-0.2, 0) is 25.7 Å². The molecular formula is C13H13NO6. The molecule has 1 N–H and O–H groups in total. The second kappa shape index (κ2) is 6.16. The SMILES string of the molecule is O=C(O)ON(Cc1ccccc1)[C@H]1CCC(=O)OC1=O. The van der Waals surface area contributed by atoms with Crippen LogP contribution in [-0.4, -0.2) is 34.3 Å². The van der Waals surface area contributed by atoms with Crippen LogP contribution in [0.25, 0.3) is 0 Å². The molecule has 1 aromatic carbocycles. The summed E-state index contributed by atoms with van der Waals surface area (Å²) in [6.07, 6.45) is -1.31. The highest BCUT2D eigenvalue weighted by atomic mass is 16.8. The van der Waals surface area contributed by atoms with Crippen molar-refractivity contribution in [3.05, 3.63) is 35.9 Å². The fourth-order valence-electron chi connectivity index (χ4n) is 1.93. The van der Waals surface area contributed by atoms with E-state index in [4.69, 9.17) is 5.11 Å². The van der Waals surface area contributed by atoms with Crippen LogP contribution in [0.15, 0.2) is 30.3 Å². The standard InChI is InChI=1S/C13H13NO6/c15-11-7-6-10(12(16)19-11)14(20-13(17)18)8-9-4-2-1-3-5-9/h1-5,10H,6-8H2,(H,17,18)/t10-/m0/s1. The molecule has 2 rings (SSSR count). The molecule has 106 valence electrons. The predicted molar refractivity (Wildman–Crippen MR) is 65.2 cm³/mol. The van der Waals surface area contributed by atoms with E-state index in [2.05, 4.69) is 9.57 Å². The molecule has 1 heterocycles. The fourth-order valence-corrected chi connectivity index (χ4v) is 1.93. The first-order valence-electron chi connectivity index (χ1n) is 6.02. The van der Waals surface area contributed by atoms with Gasteiger partial charge in [-0.15, -0.1) is 5.06 Å². The maximum atomic E-state index is 11.7. The lowest BCUT2D eigenvalue weighted by atomic mass is 10.1. The number of rotatable bonds is 4. The molecule has 7 heteroatoms. The van der Waals surface area contributed by atoms with Gasteiger partial charge in [0.1, 0.15) is 6.04 Å². The summed E-state index contributed by atoms with van der Waals surface area (Å²) in [4.78, 5) is 38.0. The maximum Gasteiger partial charge on any atom is 0.525 e. The first-order chi connectivity index (χ1) is 9.56. The van der Waals surface area contributed by atoms with Crippen LogP contribution < -0.4 is 0 Å². The quantitative estimate of drug-likeness (QED) is 0.505. The molecule has 7 nitrogen and oxygen atoms in total. The van der Waals surface area contributed by atoms with Gasteiger partial charge >= 0.3 is 18.1 Å². The molecule has 0 amide bonds. The molecule has 0 bridgehead atoms. The van der Waals surface area contributed by atoms with E-state index in [9.17, 15) is 14.4 Å². The highest BCUT2D eigenvalue weighted by molar-refractivity contribution is 5.91. The van der Waals surface area contributed by atoms with Crippen LogP contribution in [0.3, 0.4) is 0 Å². The Morgan fingerprint density at radius 1 is 1.35 bits per heavy atom. The largest absolute Gasteiger partial charge is 0.525 e. The van der Waals surface area contributed by atoms with Gasteiger partial charge in [0.25, 0.3) is 0 Å². The summed E-state index contributed by atoms with van der Waals surface area (Å²) < 4.78 is 4.51. The molecule has 0 saturated carbocycles. The molecule has 0 aromatic heterocycles. The number of cyclic esters (lactones) is 2.